The molecule has 1 aromatic carbocycles. The molecule has 0 fully saturated rings. The Morgan fingerprint density at radius 2 is 1.80 bits per heavy atom. The molecule has 0 N–H and O–H groups in total. The van der Waals surface area contributed by atoms with E-state index in [4.69, 9.17) is 10.00 Å². The third-order valence-corrected chi connectivity index (χ3v) is 2.46. The van der Waals surface area contributed by atoms with Crippen molar-refractivity contribution in [2.24, 2.45) is 0 Å². The summed E-state index contributed by atoms with van der Waals surface area (Å²) in [6.07, 6.45) is 1.54. The van der Waals surface area contributed by atoms with Gasteiger partial charge in [-0.05, 0) is 44.5 Å². The van der Waals surface area contributed by atoms with Crippen molar-refractivity contribution in [1.29, 1.82) is 5.26 Å². The van der Waals surface area contributed by atoms with E-state index < -0.39 is 11.6 Å². The summed E-state index contributed by atoms with van der Waals surface area (Å²) in [4.78, 5) is 13.8. The third-order valence-electron chi connectivity index (χ3n) is 2.46. The van der Waals surface area contributed by atoms with E-state index in [1.807, 2.05) is 49.3 Å². The highest BCUT2D eigenvalue weighted by Crippen LogP contribution is 2.16. The van der Waals surface area contributed by atoms with E-state index in [-0.39, 0.29) is 5.57 Å². The van der Waals surface area contributed by atoms with Gasteiger partial charge in [0.15, 0.2) is 0 Å². The average Bonchev–Trinajstić information content (AvgIpc) is 2.34. The first-order valence-corrected chi connectivity index (χ1v) is 6.35. The summed E-state index contributed by atoms with van der Waals surface area (Å²) in [6, 6.07) is 9.46. The molecule has 4 nitrogen and oxygen atoms in total. The SMILES string of the molecule is CN(C)c1ccc(/C=C(/C#N)C(=O)OC(C)(C)C)cc1. The standard InChI is InChI=1S/C16H20N2O2/c1-16(2,3)20-15(19)13(11-17)10-12-6-8-14(9-7-12)18(4)5/h6-10H,1-5H3/b13-10-. The van der Waals surface area contributed by atoms with E-state index in [0.29, 0.717) is 0 Å². The molecule has 0 heterocycles. The molecule has 0 aromatic heterocycles. The summed E-state index contributed by atoms with van der Waals surface area (Å²) in [6.45, 7) is 5.31. The van der Waals surface area contributed by atoms with Crippen molar-refractivity contribution in [2.45, 2.75) is 26.4 Å². The summed E-state index contributed by atoms with van der Waals surface area (Å²) >= 11 is 0. The van der Waals surface area contributed by atoms with E-state index in [9.17, 15) is 4.79 Å². The number of nitrogens with zero attached hydrogens (tertiary/aromatic N) is 2. The predicted molar refractivity (Wildman–Crippen MR) is 80.2 cm³/mol. The molecule has 1 rings (SSSR count). The molecule has 20 heavy (non-hydrogen) atoms. The van der Waals surface area contributed by atoms with Crippen LogP contribution in [0, 0.1) is 11.3 Å². The molecular formula is C16H20N2O2. The number of nitriles is 1. The predicted octanol–water partition coefficient (Wildman–Crippen LogP) is 3.00. The Hall–Kier alpha value is -2.28. The number of anilines is 1. The molecule has 0 radical (unpaired) electrons. The average molecular weight is 272 g/mol. The van der Waals surface area contributed by atoms with Crippen molar-refractivity contribution in [1.82, 2.24) is 0 Å². The highest BCUT2D eigenvalue weighted by Gasteiger charge is 2.19. The fraction of sp³-hybridized carbons (Fsp3) is 0.375. The van der Waals surface area contributed by atoms with Gasteiger partial charge in [-0.3, -0.25) is 0 Å². The number of hydrogen-bond donors (Lipinski definition) is 0. The second-order valence-corrected chi connectivity index (χ2v) is 5.66. The molecule has 106 valence electrons. The summed E-state index contributed by atoms with van der Waals surface area (Å²) in [7, 11) is 3.90. The van der Waals surface area contributed by atoms with Crippen molar-refractivity contribution in [3.63, 3.8) is 0 Å². The Kier molecular flexibility index (Phi) is 4.93. The van der Waals surface area contributed by atoms with Gasteiger partial charge in [-0.2, -0.15) is 5.26 Å². The number of hydrogen-bond acceptors (Lipinski definition) is 4. The lowest BCUT2D eigenvalue weighted by molar-refractivity contribution is -0.149. The van der Waals surface area contributed by atoms with Gasteiger partial charge < -0.3 is 9.64 Å². The number of ether oxygens (including phenoxy) is 1. The fourth-order valence-electron chi connectivity index (χ4n) is 1.51. The fourth-order valence-corrected chi connectivity index (χ4v) is 1.51. The van der Waals surface area contributed by atoms with E-state index >= 15 is 0 Å². The molecule has 0 spiro atoms. The summed E-state index contributed by atoms with van der Waals surface area (Å²) < 4.78 is 5.19. The van der Waals surface area contributed by atoms with Crippen LogP contribution in [-0.2, 0) is 9.53 Å². The Bertz CT molecular complexity index is 543. The van der Waals surface area contributed by atoms with Crippen molar-refractivity contribution in [2.75, 3.05) is 19.0 Å². The topological polar surface area (TPSA) is 53.3 Å². The van der Waals surface area contributed by atoms with Gasteiger partial charge in [0.2, 0.25) is 0 Å². The Labute approximate surface area is 120 Å². The summed E-state index contributed by atoms with van der Waals surface area (Å²) in [5, 5.41) is 9.07. The molecule has 0 aliphatic carbocycles. The minimum absolute atomic E-state index is 0.00229. The zero-order chi connectivity index (χ0) is 15.3. The van der Waals surface area contributed by atoms with Crippen LogP contribution >= 0.6 is 0 Å². The first kappa shape index (κ1) is 15.8. The van der Waals surface area contributed by atoms with Crippen molar-refractivity contribution in [3.8, 4) is 6.07 Å². The maximum Gasteiger partial charge on any atom is 0.349 e. The van der Waals surface area contributed by atoms with Crippen LogP contribution in [0.4, 0.5) is 5.69 Å². The van der Waals surface area contributed by atoms with Gasteiger partial charge >= 0.3 is 5.97 Å². The smallest absolute Gasteiger partial charge is 0.349 e. The van der Waals surface area contributed by atoms with Gasteiger partial charge in [0.25, 0.3) is 0 Å². The molecule has 0 saturated carbocycles. The maximum absolute atomic E-state index is 11.8. The highest BCUT2D eigenvalue weighted by molar-refractivity contribution is 5.98. The van der Waals surface area contributed by atoms with E-state index in [1.165, 1.54) is 6.08 Å². The lowest BCUT2D eigenvalue weighted by Crippen LogP contribution is -2.24. The third kappa shape index (κ3) is 4.77. The van der Waals surface area contributed by atoms with Gasteiger partial charge in [0, 0.05) is 19.8 Å². The Balaban J connectivity index is 2.95. The minimum atomic E-state index is -0.609. The molecule has 0 aliphatic rings. The molecule has 0 saturated heterocycles. The molecule has 0 aliphatic heterocycles. The number of esters is 1. The van der Waals surface area contributed by atoms with Crippen LogP contribution in [0.15, 0.2) is 29.8 Å². The van der Waals surface area contributed by atoms with Crippen LogP contribution in [0.3, 0.4) is 0 Å². The Morgan fingerprint density at radius 3 is 2.20 bits per heavy atom. The lowest BCUT2D eigenvalue weighted by atomic mass is 10.1. The van der Waals surface area contributed by atoms with Gasteiger partial charge in [-0.1, -0.05) is 12.1 Å². The normalized spacial score (nSPS) is 11.7. The monoisotopic (exact) mass is 272 g/mol. The summed E-state index contributed by atoms with van der Waals surface area (Å²) in [5.41, 5.74) is 1.23. The minimum Gasteiger partial charge on any atom is -0.456 e. The Morgan fingerprint density at radius 1 is 1.25 bits per heavy atom. The van der Waals surface area contributed by atoms with Crippen LogP contribution in [0.1, 0.15) is 26.3 Å². The maximum atomic E-state index is 11.8. The number of rotatable bonds is 3. The van der Waals surface area contributed by atoms with Gasteiger partial charge in [-0.25, -0.2) is 4.79 Å². The van der Waals surface area contributed by atoms with Crippen molar-refractivity contribution < 1.29 is 9.53 Å². The zero-order valence-corrected chi connectivity index (χ0v) is 12.6. The quantitative estimate of drug-likeness (QED) is 0.482. The van der Waals surface area contributed by atoms with Crippen LogP contribution in [0.25, 0.3) is 6.08 Å². The molecular weight excluding hydrogens is 252 g/mol. The van der Waals surface area contributed by atoms with Crippen molar-refractivity contribution in [3.05, 3.63) is 35.4 Å². The zero-order valence-electron chi connectivity index (χ0n) is 12.6. The molecule has 0 atom stereocenters. The largest absolute Gasteiger partial charge is 0.456 e. The number of carbonyl (C=O) groups excluding carboxylic acids is 1. The van der Waals surface area contributed by atoms with Crippen molar-refractivity contribution >= 4 is 17.7 Å². The second kappa shape index (κ2) is 6.25. The van der Waals surface area contributed by atoms with Crippen LogP contribution in [0.2, 0.25) is 0 Å². The molecule has 0 amide bonds. The van der Waals surface area contributed by atoms with E-state index in [0.717, 1.165) is 11.3 Å². The van der Waals surface area contributed by atoms with Crippen LogP contribution in [-0.4, -0.2) is 25.7 Å². The highest BCUT2D eigenvalue weighted by atomic mass is 16.6. The lowest BCUT2D eigenvalue weighted by Gasteiger charge is -2.19. The van der Waals surface area contributed by atoms with Gasteiger partial charge in [-0.15, -0.1) is 0 Å². The van der Waals surface area contributed by atoms with Crippen LogP contribution in [0.5, 0.6) is 0 Å². The number of benzene rings is 1. The van der Waals surface area contributed by atoms with E-state index in [1.54, 1.807) is 20.8 Å². The molecule has 4 heteroatoms. The summed E-state index contributed by atoms with van der Waals surface area (Å²) in [5.74, 6) is -0.600. The van der Waals surface area contributed by atoms with E-state index in [2.05, 4.69) is 0 Å². The van der Waals surface area contributed by atoms with Gasteiger partial charge in [0.05, 0.1) is 0 Å². The second-order valence-electron chi connectivity index (χ2n) is 5.66. The number of carbonyl (C=O) groups is 1. The first-order valence-electron chi connectivity index (χ1n) is 6.35. The van der Waals surface area contributed by atoms with Crippen LogP contribution < -0.4 is 4.90 Å². The molecule has 0 unspecified atom stereocenters. The first-order chi connectivity index (χ1) is 9.23. The van der Waals surface area contributed by atoms with Gasteiger partial charge in [0.1, 0.15) is 17.2 Å². The molecule has 1 aromatic rings. The molecule has 0 bridgehead atoms.